The highest BCUT2D eigenvalue weighted by Crippen LogP contribution is 2.13. The Kier molecular flexibility index (Phi) is 5.95. The lowest BCUT2D eigenvalue weighted by molar-refractivity contribution is -0.138. The van der Waals surface area contributed by atoms with Gasteiger partial charge in [-0.05, 0) is 13.8 Å². The smallest absolute Gasteiger partial charge is 0.317 e. The molecule has 0 spiro atoms. The van der Waals surface area contributed by atoms with Crippen molar-refractivity contribution in [2.24, 2.45) is 5.41 Å². The summed E-state index contributed by atoms with van der Waals surface area (Å²) in [6.07, 6.45) is 0. The number of nitrogens with zero attached hydrogens (tertiary/aromatic N) is 2. The molecule has 3 N–H and O–H groups in total. The van der Waals surface area contributed by atoms with E-state index in [1.165, 1.54) is 0 Å². The zero-order chi connectivity index (χ0) is 16.0. The van der Waals surface area contributed by atoms with Crippen LogP contribution < -0.4 is 10.6 Å². The van der Waals surface area contributed by atoms with Gasteiger partial charge in [0.25, 0.3) is 0 Å². The number of carbonyl (C=O) groups is 3. The third-order valence-corrected chi connectivity index (χ3v) is 3.54. The van der Waals surface area contributed by atoms with E-state index in [2.05, 4.69) is 10.6 Å². The second kappa shape index (κ2) is 7.26. The van der Waals surface area contributed by atoms with E-state index in [4.69, 9.17) is 5.11 Å². The van der Waals surface area contributed by atoms with Gasteiger partial charge in [-0.3, -0.25) is 14.5 Å². The second-order valence-corrected chi connectivity index (χ2v) is 5.78. The number of carboxylic acid groups (broad SMARTS) is 1. The van der Waals surface area contributed by atoms with Crippen molar-refractivity contribution in [1.82, 2.24) is 20.4 Å². The number of aliphatic carboxylic acids is 1. The van der Waals surface area contributed by atoms with Crippen molar-refractivity contribution in [3.8, 4) is 0 Å². The molecule has 3 amide bonds. The van der Waals surface area contributed by atoms with E-state index in [1.807, 2.05) is 0 Å². The molecule has 8 heteroatoms. The van der Waals surface area contributed by atoms with Gasteiger partial charge in [-0.25, -0.2) is 4.79 Å². The second-order valence-electron chi connectivity index (χ2n) is 5.78. The molecular weight excluding hydrogens is 276 g/mol. The van der Waals surface area contributed by atoms with Crippen LogP contribution in [0, 0.1) is 5.41 Å². The third-order valence-electron chi connectivity index (χ3n) is 3.54. The molecule has 21 heavy (non-hydrogen) atoms. The summed E-state index contributed by atoms with van der Waals surface area (Å²) in [5.41, 5.74) is -0.671. The van der Waals surface area contributed by atoms with Crippen molar-refractivity contribution in [2.75, 3.05) is 46.3 Å². The number of carboxylic acids is 1. The Labute approximate surface area is 124 Å². The third kappa shape index (κ3) is 5.22. The minimum absolute atomic E-state index is 0.000832. The zero-order valence-corrected chi connectivity index (χ0v) is 12.8. The molecule has 0 saturated carbocycles. The predicted octanol–water partition coefficient (Wildman–Crippen LogP) is -0.830. The fourth-order valence-corrected chi connectivity index (χ4v) is 2.13. The van der Waals surface area contributed by atoms with Gasteiger partial charge in [0.2, 0.25) is 5.91 Å². The molecule has 0 aromatic heterocycles. The van der Waals surface area contributed by atoms with E-state index < -0.39 is 11.4 Å². The number of carbonyl (C=O) groups excluding carboxylic acids is 2. The van der Waals surface area contributed by atoms with Gasteiger partial charge in [0, 0.05) is 39.8 Å². The summed E-state index contributed by atoms with van der Waals surface area (Å²) in [4.78, 5) is 37.7. The van der Waals surface area contributed by atoms with E-state index in [1.54, 1.807) is 30.7 Å². The van der Waals surface area contributed by atoms with Crippen molar-refractivity contribution in [3.63, 3.8) is 0 Å². The number of hydrogen-bond acceptors (Lipinski definition) is 4. The van der Waals surface area contributed by atoms with Crippen LogP contribution in [-0.4, -0.2) is 79.1 Å². The maximum absolute atomic E-state index is 12.0. The first kappa shape index (κ1) is 17.2. The topological polar surface area (TPSA) is 102 Å². The Hall–Kier alpha value is -1.83. The van der Waals surface area contributed by atoms with Crippen molar-refractivity contribution in [3.05, 3.63) is 0 Å². The Morgan fingerprint density at radius 2 is 1.71 bits per heavy atom. The van der Waals surface area contributed by atoms with Crippen molar-refractivity contribution in [2.45, 2.75) is 13.8 Å². The zero-order valence-electron chi connectivity index (χ0n) is 12.8. The molecule has 0 aromatic rings. The minimum Gasteiger partial charge on any atom is -0.480 e. The van der Waals surface area contributed by atoms with Crippen LogP contribution in [0.1, 0.15) is 13.8 Å². The van der Waals surface area contributed by atoms with Gasteiger partial charge in [0.1, 0.15) is 0 Å². The summed E-state index contributed by atoms with van der Waals surface area (Å²) in [6.45, 7) is 5.82. The minimum atomic E-state index is -0.861. The molecule has 0 atom stereocenters. The fraction of sp³-hybridized carbons (Fsp3) is 0.769. The SMILES string of the molecule is CNC(=O)C(C)(C)CNC(=O)N1CCN(CC(=O)O)CC1. The van der Waals surface area contributed by atoms with Crippen molar-refractivity contribution < 1.29 is 19.5 Å². The normalized spacial score (nSPS) is 16.4. The van der Waals surface area contributed by atoms with Gasteiger partial charge in [-0.15, -0.1) is 0 Å². The van der Waals surface area contributed by atoms with Crippen LogP contribution in [0.4, 0.5) is 4.79 Å². The first-order valence-corrected chi connectivity index (χ1v) is 6.95. The largest absolute Gasteiger partial charge is 0.480 e. The molecule has 1 rings (SSSR count). The molecule has 0 radical (unpaired) electrons. The summed E-state index contributed by atoms with van der Waals surface area (Å²) in [7, 11) is 1.56. The monoisotopic (exact) mass is 300 g/mol. The molecule has 0 bridgehead atoms. The number of hydrogen-bond donors (Lipinski definition) is 3. The molecule has 1 aliphatic heterocycles. The lowest BCUT2D eigenvalue weighted by Gasteiger charge is -2.34. The van der Waals surface area contributed by atoms with Gasteiger partial charge < -0.3 is 20.6 Å². The Bertz CT molecular complexity index is 403. The summed E-state index contributed by atoms with van der Waals surface area (Å²) < 4.78 is 0. The molecule has 0 aliphatic carbocycles. The van der Waals surface area contributed by atoms with E-state index in [0.29, 0.717) is 26.2 Å². The molecule has 1 saturated heterocycles. The highest BCUT2D eigenvalue weighted by atomic mass is 16.4. The highest BCUT2D eigenvalue weighted by Gasteiger charge is 2.29. The molecule has 1 aliphatic rings. The lowest BCUT2D eigenvalue weighted by atomic mass is 9.92. The van der Waals surface area contributed by atoms with Gasteiger partial charge in [0.15, 0.2) is 0 Å². The molecule has 0 aromatic carbocycles. The summed E-state index contributed by atoms with van der Waals surface area (Å²) in [5.74, 6) is -0.991. The number of nitrogens with one attached hydrogen (secondary N) is 2. The van der Waals surface area contributed by atoms with Crippen LogP contribution in [0.3, 0.4) is 0 Å². The van der Waals surface area contributed by atoms with Crippen LogP contribution in [-0.2, 0) is 9.59 Å². The van der Waals surface area contributed by atoms with E-state index in [-0.39, 0.29) is 25.0 Å². The highest BCUT2D eigenvalue weighted by molar-refractivity contribution is 5.83. The number of amides is 3. The average molecular weight is 300 g/mol. The Morgan fingerprint density at radius 1 is 1.14 bits per heavy atom. The summed E-state index contributed by atoms with van der Waals surface area (Å²) >= 11 is 0. The predicted molar refractivity (Wildman–Crippen MR) is 76.9 cm³/mol. The molecule has 120 valence electrons. The Morgan fingerprint density at radius 3 is 2.19 bits per heavy atom. The van der Waals surface area contributed by atoms with Gasteiger partial charge in [-0.1, -0.05) is 0 Å². The van der Waals surface area contributed by atoms with Crippen LogP contribution in [0.25, 0.3) is 0 Å². The standard InChI is InChI=1S/C13H24N4O4/c1-13(2,11(20)14-3)9-15-12(21)17-6-4-16(5-7-17)8-10(18)19/h4-9H2,1-3H3,(H,14,20)(H,15,21)(H,18,19). The number of rotatable bonds is 5. The van der Waals surface area contributed by atoms with Crippen molar-refractivity contribution >= 4 is 17.9 Å². The average Bonchev–Trinajstić information content (AvgIpc) is 2.44. The first-order chi connectivity index (χ1) is 9.76. The number of urea groups is 1. The summed E-state index contributed by atoms with van der Waals surface area (Å²) in [6, 6.07) is -0.220. The van der Waals surface area contributed by atoms with Gasteiger partial charge in [-0.2, -0.15) is 0 Å². The maximum atomic E-state index is 12.0. The van der Waals surface area contributed by atoms with E-state index in [9.17, 15) is 14.4 Å². The molecule has 8 nitrogen and oxygen atoms in total. The van der Waals surface area contributed by atoms with Crippen molar-refractivity contribution in [1.29, 1.82) is 0 Å². The maximum Gasteiger partial charge on any atom is 0.317 e. The van der Waals surface area contributed by atoms with Crippen LogP contribution in [0.5, 0.6) is 0 Å². The fourth-order valence-electron chi connectivity index (χ4n) is 2.13. The molecular formula is C13H24N4O4. The quantitative estimate of drug-likeness (QED) is 0.615. The molecule has 1 heterocycles. The van der Waals surface area contributed by atoms with Crippen LogP contribution >= 0.6 is 0 Å². The van der Waals surface area contributed by atoms with Crippen LogP contribution in [0.15, 0.2) is 0 Å². The number of piperazine rings is 1. The van der Waals surface area contributed by atoms with Gasteiger partial charge in [0.05, 0.1) is 12.0 Å². The first-order valence-electron chi connectivity index (χ1n) is 6.95. The molecule has 0 unspecified atom stereocenters. The van der Waals surface area contributed by atoms with Crippen LogP contribution in [0.2, 0.25) is 0 Å². The van der Waals surface area contributed by atoms with Gasteiger partial charge >= 0.3 is 12.0 Å². The summed E-state index contributed by atoms with van der Waals surface area (Å²) in [5, 5.41) is 14.0. The molecule has 1 fully saturated rings. The lowest BCUT2D eigenvalue weighted by Crippen LogP contribution is -2.54. The Balaban J connectivity index is 2.38. The van der Waals surface area contributed by atoms with E-state index >= 15 is 0 Å². The van der Waals surface area contributed by atoms with E-state index in [0.717, 1.165) is 0 Å².